The maximum Gasteiger partial charge on any atom is 0.257 e. The van der Waals surface area contributed by atoms with Crippen molar-refractivity contribution in [1.82, 2.24) is 4.90 Å². The van der Waals surface area contributed by atoms with Gasteiger partial charge >= 0.3 is 0 Å². The Kier molecular flexibility index (Phi) is 4.55. The summed E-state index contributed by atoms with van der Waals surface area (Å²) < 4.78 is 5.34. The molecule has 0 aliphatic heterocycles. The van der Waals surface area contributed by atoms with Crippen LogP contribution in [0.4, 0.5) is 0 Å². The predicted molar refractivity (Wildman–Crippen MR) is 61.5 cm³/mol. The normalized spacial score (nSPS) is 10.5. The topological polar surface area (TPSA) is 53.7 Å². The van der Waals surface area contributed by atoms with Gasteiger partial charge in [-0.1, -0.05) is 0 Å². The van der Waals surface area contributed by atoms with Crippen LogP contribution in [0.15, 0.2) is 10.5 Å². The fourth-order valence-electron chi connectivity index (χ4n) is 1.68. The van der Waals surface area contributed by atoms with E-state index in [1.165, 1.54) is 0 Å². The highest BCUT2D eigenvalue weighted by Crippen LogP contribution is 2.16. The number of carbonyl (C=O) groups is 1. The van der Waals surface area contributed by atoms with E-state index in [4.69, 9.17) is 9.52 Å². The fraction of sp³-hybridized carbons (Fsp3) is 0.583. The molecule has 1 aromatic heterocycles. The van der Waals surface area contributed by atoms with Gasteiger partial charge in [0, 0.05) is 19.7 Å². The van der Waals surface area contributed by atoms with Gasteiger partial charge in [0.25, 0.3) is 5.91 Å². The Balaban J connectivity index is 2.78. The van der Waals surface area contributed by atoms with E-state index in [2.05, 4.69) is 0 Å². The van der Waals surface area contributed by atoms with Gasteiger partial charge in [0.2, 0.25) is 0 Å². The molecule has 1 heterocycles. The van der Waals surface area contributed by atoms with Crippen molar-refractivity contribution in [3.63, 3.8) is 0 Å². The summed E-state index contributed by atoms with van der Waals surface area (Å²) in [5.74, 6) is 1.38. The maximum absolute atomic E-state index is 12.1. The van der Waals surface area contributed by atoms with E-state index >= 15 is 0 Å². The second kappa shape index (κ2) is 5.70. The molecule has 90 valence electrons. The molecule has 0 saturated heterocycles. The number of aliphatic hydroxyl groups excluding tert-OH is 1. The van der Waals surface area contributed by atoms with Gasteiger partial charge in [-0.2, -0.15) is 0 Å². The summed E-state index contributed by atoms with van der Waals surface area (Å²) in [7, 11) is 0. The van der Waals surface area contributed by atoms with E-state index in [1.807, 2.05) is 13.8 Å². The van der Waals surface area contributed by atoms with Crippen LogP contribution in [0.1, 0.15) is 35.2 Å². The molecule has 0 aliphatic rings. The molecule has 0 saturated carbocycles. The Morgan fingerprint density at radius 2 is 2.19 bits per heavy atom. The molecular formula is C12H19NO3. The highest BCUT2D eigenvalue weighted by atomic mass is 16.3. The lowest BCUT2D eigenvalue weighted by atomic mass is 10.2. The number of furan rings is 1. The molecule has 0 radical (unpaired) electrons. The molecule has 16 heavy (non-hydrogen) atoms. The van der Waals surface area contributed by atoms with Crippen molar-refractivity contribution in [2.45, 2.75) is 27.2 Å². The first-order chi connectivity index (χ1) is 7.60. The van der Waals surface area contributed by atoms with Crippen LogP contribution in [0.2, 0.25) is 0 Å². The van der Waals surface area contributed by atoms with Gasteiger partial charge < -0.3 is 14.4 Å². The zero-order valence-electron chi connectivity index (χ0n) is 10.1. The van der Waals surface area contributed by atoms with Crippen molar-refractivity contribution < 1.29 is 14.3 Å². The number of nitrogens with zero attached hydrogens (tertiary/aromatic N) is 1. The van der Waals surface area contributed by atoms with Crippen LogP contribution < -0.4 is 0 Å². The van der Waals surface area contributed by atoms with Crippen LogP contribution in [0.3, 0.4) is 0 Å². The first kappa shape index (κ1) is 12.8. The van der Waals surface area contributed by atoms with Gasteiger partial charge in [0.05, 0.1) is 5.56 Å². The minimum absolute atomic E-state index is 0.0229. The predicted octanol–water partition coefficient (Wildman–Crippen LogP) is 1.74. The smallest absolute Gasteiger partial charge is 0.257 e. The molecule has 4 heteroatoms. The Bertz CT molecular complexity index is 357. The van der Waals surface area contributed by atoms with Gasteiger partial charge in [0.1, 0.15) is 11.5 Å². The Labute approximate surface area is 95.9 Å². The molecule has 4 nitrogen and oxygen atoms in total. The van der Waals surface area contributed by atoms with Crippen LogP contribution in [-0.4, -0.2) is 35.6 Å². The summed E-state index contributed by atoms with van der Waals surface area (Å²) in [6, 6.07) is 1.76. The molecule has 1 N–H and O–H groups in total. The van der Waals surface area contributed by atoms with E-state index in [1.54, 1.807) is 17.9 Å². The summed E-state index contributed by atoms with van der Waals surface area (Å²) in [6.07, 6.45) is 0.607. The quantitative estimate of drug-likeness (QED) is 0.830. The van der Waals surface area contributed by atoms with E-state index in [0.717, 1.165) is 5.76 Å². The van der Waals surface area contributed by atoms with Crippen LogP contribution in [-0.2, 0) is 0 Å². The van der Waals surface area contributed by atoms with Gasteiger partial charge in [-0.05, 0) is 33.3 Å². The van der Waals surface area contributed by atoms with Crippen molar-refractivity contribution in [1.29, 1.82) is 0 Å². The van der Waals surface area contributed by atoms with Gasteiger partial charge in [-0.3, -0.25) is 4.79 Å². The zero-order chi connectivity index (χ0) is 12.1. The third-order valence-electron chi connectivity index (χ3n) is 2.53. The molecule has 1 rings (SSSR count). The van der Waals surface area contributed by atoms with Crippen molar-refractivity contribution in [2.75, 3.05) is 19.7 Å². The standard InChI is InChI=1S/C12H19NO3/c1-4-13(6-5-7-14)12(15)11-8-9(2)16-10(11)3/h8,14H,4-7H2,1-3H3. The van der Waals surface area contributed by atoms with Gasteiger partial charge in [-0.25, -0.2) is 0 Å². The Morgan fingerprint density at radius 1 is 1.50 bits per heavy atom. The average Bonchev–Trinajstić information content (AvgIpc) is 2.58. The Hall–Kier alpha value is -1.29. The molecule has 1 aromatic rings. The van der Waals surface area contributed by atoms with Crippen LogP contribution in [0, 0.1) is 13.8 Å². The second-order valence-electron chi connectivity index (χ2n) is 3.79. The van der Waals surface area contributed by atoms with E-state index in [-0.39, 0.29) is 12.5 Å². The number of aliphatic hydroxyl groups is 1. The molecule has 0 atom stereocenters. The van der Waals surface area contributed by atoms with E-state index < -0.39 is 0 Å². The third-order valence-corrected chi connectivity index (χ3v) is 2.53. The molecule has 0 spiro atoms. The van der Waals surface area contributed by atoms with Gasteiger partial charge in [0.15, 0.2) is 0 Å². The summed E-state index contributed by atoms with van der Waals surface area (Å²) in [4.78, 5) is 13.8. The molecule has 0 aliphatic carbocycles. The van der Waals surface area contributed by atoms with Crippen molar-refractivity contribution >= 4 is 5.91 Å². The first-order valence-electron chi connectivity index (χ1n) is 5.57. The molecule has 1 amide bonds. The number of rotatable bonds is 5. The highest BCUT2D eigenvalue weighted by Gasteiger charge is 2.18. The van der Waals surface area contributed by atoms with Crippen molar-refractivity contribution in [3.05, 3.63) is 23.2 Å². The molecule has 0 aromatic carbocycles. The number of aryl methyl sites for hydroxylation is 2. The molecular weight excluding hydrogens is 206 g/mol. The Morgan fingerprint density at radius 3 is 2.62 bits per heavy atom. The number of hydrogen-bond donors (Lipinski definition) is 1. The SMILES string of the molecule is CCN(CCCO)C(=O)c1cc(C)oc1C. The van der Waals surface area contributed by atoms with Crippen LogP contribution >= 0.6 is 0 Å². The largest absolute Gasteiger partial charge is 0.466 e. The average molecular weight is 225 g/mol. The fourth-order valence-corrected chi connectivity index (χ4v) is 1.68. The third kappa shape index (κ3) is 2.85. The number of carbonyl (C=O) groups excluding carboxylic acids is 1. The molecule has 0 unspecified atom stereocenters. The van der Waals surface area contributed by atoms with Crippen LogP contribution in [0.25, 0.3) is 0 Å². The van der Waals surface area contributed by atoms with Crippen molar-refractivity contribution in [3.8, 4) is 0 Å². The summed E-state index contributed by atoms with van der Waals surface area (Å²) in [5.41, 5.74) is 0.622. The van der Waals surface area contributed by atoms with Gasteiger partial charge in [-0.15, -0.1) is 0 Å². The minimum Gasteiger partial charge on any atom is -0.466 e. The molecule has 0 fully saturated rings. The van der Waals surface area contributed by atoms with Crippen LogP contribution in [0.5, 0.6) is 0 Å². The van der Waals surface area contributed by atoms with Crippen molar-refractivity contribution in [2.24, 2.45) is 0 Å². The lowest BCUT2D eigenvalue weighted by Gasteiger charge is -2.19. The lowest BCUT2D eigenvalue weighted by Crippen LogP contribution is -2.32. The first-order valence-corrected chi connectivity index (χ1v) is 5.57. The summed E-state index contributed by atoms with van der Waals surface area (Å²) in [5, 5.41) is 8.77. The molecule has 0 bridgehead atoms. The highest BCUT2D eigenvalue weighted by molar-refractivity contribution is 5.95. The number of amides is 1. The monoisotopic (exact) mass is 225 g/mol. The summed E-state index contributed by atoms with van der Waals surface area (Å²) >= 11 is 0. The zero-order valence-corrected chi connectivity index (χ0v) is 10.1. The van der Waals surface area contributed by atoms with E-state index in [9.17, 15) is 4.79 Å². The van der Waals surface area contributed by atoms with E-state index in [0.29, 0.717) is 30.8 Å². The minimum atomic E-state index is -0.0229. The summed E-state index contributed by atoms with van der Waals surface area (Å²) in [6.45, 7) is 6.87. The lowest BCUT2D eigenvalue weighted by molar-refractivity contribution is 0.0752. The number of hydrogen-bond acceptors (Lipinski definition) is 3. The second-order valence-corrected chi connectivity index (χ2v) is 3.79. The maximum atomic E-state index is 12.1.